The van der Waals surface area contributed by atoms with E-state index in [9.17, 15) is 5.11 Å². The van der Waals surface area contributed by atoms with Crippen molar-refractivity contribution < 1.29 is 9.76 Å². The van der Waals surface area contributed by atoms with E-state index in [0.717, 1.165) is 19.5 Å². The van der Waals surface area contributed by atoms with E-state index in [1.54, 1.807) is 21.3 Å². The van der Waals surface area contributed by atoms with Gasteiger partial charge in [-0.05, 0) is 41.2 Å². The molecule has 0 aromatic heterocycles. The van der Waals surface area contributed by atoms with E-state index in [-0.39, 0.29) is 0 Å². The van der Waals surface area contributed by atoms with Crippen molar-refractivity contribution in [2.75, 3.05) is 20.1 Å². The number of aliphatic hydroxyl groups is 1. The lowest BCUT2D eigenvalue weighted by Crippen LogP contribution is -2.48. The molecule has 1 rings (SSSR count). The molecule has 16 heavy (non-hydrogen) atoms. The van der Waals surface area contributed by atoms with Gasteiger partial charge in [-0.3, -0.25) is 0 Å². The largest absolute Gasteiger partial charge is 0.427 e. The predicted octanol–water partition coefficient (Wildman–Crippen LogP) is 1.39. The molecule has 0 saturated heterocycles. The van der Waals surface area contributed by atoms with Gasteiger partial charge in [-0.2, -0.15) is 0 Å². The summed E-state index contributed by atoms with van der Waals surface area (Å²) >= 11 is 0. The molecule has 1 aliphatic heterocycles. The Bertz CT molecular complexity index is 269. The Balaban J connectivity index is 2.48. The van der Waals surface area contributed by atoms with Gasteiger partial charge in [0.05, 0.1) is 11.2 Å². The first-order valence-electron chi connectivity index (χ1n) is 5.83. The molecule has 0 fully saturated rings. The Morgan fingerprint density at radius 3 is 2.50 bits per heavy atom. The molecule has 0 aromatic rings. The van der Waals surface area contributed by atoms with E-state index < -0.39 is 11.2 Å². The van der Waals surface area contributed by atoms with E-state index in [2.05, 4.69) is 18.0 Å². The molecule has 0 atom stereocenters. The summed E-state index contributed by atoms with van der Waals surface area (Å²) in [5.74, 6) is 0. The van der Waals surface area contributed by atoms with Crippen molar-refractivity contribution in [1.29, 1.82) is 0 Å². The molecule has 91 valence electrons. The van der Waals surface area contributed by atoms with Crippen LogP contribution in [-0.4, -0.2) is 48.8 Å². The monoisotopic (exact) mass is 224 g/mol. The molecule has 0 bridgehead atoms. The average molecular weight is 224 g/mol. The topological polar surface area (TPSA) is 32.7 Å². The second-order valence-corrected chi connectivity index (χ2v) is 5.61. The van der Waals surface area contributed by atoms with Gasteiger partial charge in [-0.25, -0.2) is 0 Å². The Morgan fingerprint density at radius 1 is 1.38 bits per heavy atom. The molecule has 1 aliphatic rings. The van der Waals surface area contributed by atoms with Crippen molar-refractivity contribution in [1.82, 2.24) is 4.90 Å². The van der Waals surface area contributed by atoms with Gasteiger partial charge >= 0.3 is 7.48 Å². The predicted molar refractivity (Wildman–Crippen MR) is 67.4 cm³/mol. The van der Waals surface area contributed by atoms with Gasteiger partial charge in [0.15, 0.2) is 0 Å². The van der Waals surface area contributed by atoms with Crippen molar-refractivity contribution >= 4 is 7.48 Å². The van der Waals surface area contributed by atoms with Crippen LogP contribution in [0, 0.1) is 0 Å². The van der Waals surface area contributed by atoms with Crippen molar-refractivity contribution in [3.05, 3.63) is 11.5 Å². The molecule has 0 aromatic carbocycles. The van der Waals surface area contributed by atoms with Crippen LogP contribution in [0.25, 0.3) is 0 Å². The number of likely N-dealkylation sites (N-methyl/N-ethyl adjacent to an activating group) is 1. The normalized spacial score (nSPS) is 19.5. The summed E-state index contributed by atoms with van der Waals surface area (Å²) < 4.78 is 5.71. The lowest BCUT2D eigenvalue weighted by Gasteiger charge is -2.38. The zero-order valence-electron chi connectivity index (χ0n) is 11.1. The zero-order valence-corrected chi connectivity index (χ0v) is 11.1. The van der Waals surface area contributed by atoms with Crippen LogP contribution < -0.4 is 0 Å². The molecule has 0 saturated carbocycles. The van der Waals surface area contributed by atoms with Crippen LogP contribution >= 0.6 is 0 Å². The van der Waals surface area contributed by atoms with Crippen LogP contribution in [-0.2, 0) is 4.65 Å². The van der Waals surface area contributed by atoms with Gasteiger partial charge in [0.2, 0.25) is 0 Å². The second kappa shape index (κ2) is 4.90. The molecule has 0 amide bonds. The molecule has 0 unspecified atom stereocenters. The van der Waals surface area contributed by atoms with Gasteiger partial charge in [-0.15, -0.1) is 0 Å². The lowest BCUT2D eigenvalue weighted by atomic mass is 9.80. The van der Waals surface area contributed by atoms with Gasteiger partial charge in [0.1, 0.15) is 0 Å². The summed E-state index contributed by atoms with van der Waals surface area (Å²) in [5, 5.41) is 9.95. The maximum Gasteiger partial charge on any atom is 0.327 e. The zero-order chi connectivity index (χ0) is 12.4. The van der Waals surface area contributed by atoms with Crippen LogP contribution in [0.3, 0.4) is 0 Å². The first-order valence-corrected chi connectivity index (χ1v) is 5.83. The fourth-order valence-corrected chi connectivity index (χ4v) is 1.38. The highest BCUT2D eigenvalue weighted by Crippen LogP contribution is 2.25. The Hall–Kier alpha value is -0.315. The quantitative estimate of drug-likeness (QED) is 0.732. The maximum atomic E-state index is 9.95. The van der Waals surface area contributed by atoms with Crippen molar-refractivity contribution in [3.8, 4) is 0 Å². The second-order valence-electron chi connectivity index (χ2n) is 5.61. The number of nitrogens with zero attached hydrogens (tertiary/aromatic N) is 1. The average Bonchev–Trinajstić information content (AvgIpc) is 2.13. The summed E-state index contributed by atoms with van der Waals surface area (Å²) in [4.78, 5) is 2.26. The first-order chi connectivity index (χ1) is 7.22. The maximum absolute atomic E-state index is 9.95. The molecule has 1 heterocycles. The van der Waals surface area contributed by atoms with Crippen LogP contribution in [0.2, 0.25) is 0 Å². The summed E-state index contributed by atoms with van der Waals surface area (Å²) in [6.45, 7) is 9.35. The molecular weight excluding hydrogens is 201 g/mol. The van der Waals surface area contributed by atoms with Gasteiger partial charge in [0.25, 0.3) is 0 Å². The molecule has 1 radical (unpaired) electrons. The number of hydrogen-bond acceptors (Lipinski definition) is 3. The van der Waals surface area contributed by atoms with Crippen molar-refractivity contribution in [2.45, 2.75) is 45.3 Å². The number of hydrogen-bond donors (Lipinski definition) is 1. The molecule has 1 N–H and O–H groups in total. The minimum absolute atomic E-state index is 0.580. The standard InChI is InChI=1S/C12H23BNO2/c1-11(2,15)12(3,4)16-13-10-7-6-8-14(5)9-10/h7,15H,6,8-9H2,1-5H3. The lowest BCUT2D eigenvalue weighted by molar-refractivity contribution is -0.0898. The van der Waals surface area contributed by atoms with Gasteiger partial charge in [-0.1, -0.05) is 11.5 Å². The molecule has 4 heteroatoms. The summed E-state index contributed by atoms with van der Waals surface area (Å²) in [5.41, 5.74) is -0.250. The van der Waals surface area contributed by atoms with E-state index in [1.165, 1.54) is 5.47 Å². The van der Waals surface area contributed by atoms with Gasteiger partial charge < -0.3 is 14.7 Å². The van der Waals surface area contributed by atoms with Crippen LogP contribution in [0.4, 0.5) is 0 Å². The van der Waals surface area contributed by atoms with E-state index in [1.807, 2.05) is 13.8 Å². The summed E-state index contributed by atoms with van der Waals surface area (Å²) in [7, 11) is 3.88. The van der Waals surface area contributed by atoms with E-state index >= 15 is 0 Å². The highest BCUT2D eigenvalue weighted by Gasteiger charge is 2.35. The third-order valence-corrected chi connectivity index (χ3v) is 3.35. The SMILES string of the molecule is CN1CCC=C([B]OC(C)(C)C(C)(C)O)C1. The summed E-state index contributed by atoms with van der Waals surface area (Å²) in [6, 6.07) is 0. The highest BCUT2D eigenvalue weighted by atomic mass is 16.5. The Kier molecular flexibility index (Phi) is 4.21. The summed E-state index contributed by atoms with van der Waals surface area (Å²) in [6.07, 6.45) is 3.26. The van der Waals surface area contributed by atoms with E-state index in [0.29, 0.717) is 0 Å². The fourth-order valence-electron chi connectivity index (χ4n) is 1.38. The van der Waals surface area contributed by atoms with Crippen LogP contribution in [0.1, 0.15) is 34.1 Å². The van der Waals surface area contributed by atoms with Gasteiger partial charge in [0, 0.05) is 13.1 Å². The van der Waals surface area contributed by atoms with Crippen LogP contribution in [0.5, 0.6) is 0 Å². The minimum Gasteiger partial charge on any atom is -0.427 e. The molecule has 3 nitrogen and oxygen atoms in total. The minimum atomic E-state index is -0.857. The van der Waals surface area contributed by atoms with E-state index in [4.69, 9.17) is 4.65 Å². The third-order valence-electron chi connectivity index (χ3n) is 3.35. The molecule has 0 spiro atoms. The highest BCUT2D eigenvalue weighted by molar-refractivity contribution is 6.38. The Morgan fingerprint density at radius 2 is 2.00 bits per heavy atom. The Labute approximate surface area is 99.7 Å². The number of rotatable bonds is 4. The van der Waals surface area contributed by atoms with Crippen molar-refractivity contribution in [2.24, 2.45) is 0 Å². The molecule has 0 aliphatic carbocycles. The fraction of sp³-hybridized carbons (Fsp3) is 0.833. The van der Waals surface area contributed by atoms with Crippen LogP contribution in [0.15, 0.2) is 11.5 Å². The van der Waals surface area contributed by atoms with Crippen molar-refractivity contribution in [3.63, 3.8) is 0 Å². The molecular formula is C12H23BNO2. The smallest absolute Gasteiger partial charge is 0.327 e. The third kappa shape index (κ3) is 3.61. The first kappa shape index (κ1) is 13.7.